The van der Waals surface area contributed by atoms with Crippen LogP contribution < -0.4 is 15.0 Å². The van der Waals surface area contributed by atoms with Gasteiger partial charge in [0.25, 0.3) is 5.91 Å². The molecule has 152 valence electrons. The monoisotopic (exact) mass is 395 g/mol. The fourth-order valence-corrected chi connectivity index (χ4v) is 3.30. The molecule has 1 aliphatic heterocycles. The Morgan fingerprint density at radius 3 is 2.72 bits per heavy atom. The lowest BCUT2D eigenvalue weighted by Gasteiger charge is -2.29. The SMILES string of the molecule is Cc1cccc(OCC(=O)N(C)CC(=O)N2c3ccccc3NC(=O)C[C@H]2C)c1. The predicted molar refractivity (Wildman–Crippen MR) is 111 cm³/mol. The highest BCUT2D eigenvalue weighted by Gasteiger charge is 2.30. The highest BCUT2D eigenvalue weighted by molar-refractivity contribution is 6.05. The third-order valence-corrected chi connectivity index (χ3v) is 4.78. The lowest BCUT2D eigenvalue weighted by molar-refractivity contribution is -0.135. The summed E-state index contributed by atoms with van der Waals surface area (Å²) < 4.78 is 5.54. The van der Waals surface area contributed by atoms with E-state index in [9.17, 15) is 14.4 Å². The molecule has 0 spiro atoms. The van der Waals surface area contributed by atoms with Gasteiger partial charge in [-0.1, -0.05) is 24.3 Å². The number of ether oxygens (including phenoxy) is 1. The Hall–Kier alpha value is -3.35. The van der Waals surface area contributed by atoms with Crippen molar-refractivity contribution in [3.8, 4) is 5.75 Å². The fourth-order valence-electron chi connectivity index (χ4n) is 3.30. The summed E-state index contributed by atoms with van der Waals surface area (Å²) in [6.45, 7) is 3.50. The average molecular weight is 395 g/mol. The molecule has 0 aliphatic carbocycles. The van der Waals surface area contributed by atoms with E-state index < -0.39 is 0 Å². The number of rotatable bonds is 5. The summed E-state index contributed by atoms with van der Waals surface area (Å²) in [7, 11) is 1.57. The first-order chi connectivity index (χ1) is 13.8. The number of aryl methyl sites for hydroxylation is 1. The summed E-state index contributed by atoms with van der Waals surface area (Å²) in [6.07, 6.45) is 0.189. The molecule has 29 heavy (non-hydrogen) atoms. The Kier molecular flexibility index (Phi) is 6.16. The van der Waals surface area contributed by atoms with E-state index in [1.807, 2.05) is 38.1 Å². The Bertz CT molecular complexity index is 928. The van der Waals surface area contributed by atoms with E-state index >= 15 is 0 Å². The molecule has 2 aromatic carbocycles. The van der Waals surface area contributed by atoms with E-state index in [1.54, 1.807) is 36.2 Å². The van der Waals surface area contributed by atoms with E-state index in [0.29, 0.717) is 17.1 Å². The number of benzene rings is 2. The van der Waals surface area contributed by atoms with E-state index in [1.165, 1.54) is 4.90 Å². The van der Waals surface area contributed by atoms with Crippen LogP contribution in [0.15, 0.2) is 48.5 Å². The van der Waals surface area contributed by atoms with Crippen LogP contribution in [0.4, 0.5) is 11.4 Å². The molecule has 7 heteroatoms. The molecule has 3 amide bonds. The van der Waals surface area contributed by atoms with Crippen molar-refractivity contribution in [3.05, 3.63) is 54.1 Å². The van der Waals surface area contributed by atoms with Gasteiger partial charge in [0, 0.05) is 19.5 Å². The number of carbonyl (C=O) groups excluding carboxylic acids is 3. The highest BCUT2D eigenvalue weighted by atomic mass is 16.5. The highest BCUT2D eigenvalue weighted by Crippen LogP contribution is 2.31. The van der Waals surface area contributed by atoms with E-state index in [-0.39, 0.29) is 43.3 Å². The normalized spacial score (nSPS) is 15.8. The molecule has 7 nitrogen and oxygen atoms in total. The summed E-state index contributed by atoms with van der Waals surface area (Å²) >= 11 is 0. The van der Waals surface area contributed by atoms with Crippen molar-refractivity contribution in [1.82, 2.24) is 4.90 Å². The Balaban J connectivity index is 1.66. The lowest BCUT2D eigenvalue weighted by Crippen LogP contribution is -2.46. The van der Waals surface area contributed by atoms with E-state index in [0.717, 1.165) is 5.56 Å². The van der Waals surface area contributed by atoms with Crippen molar-refractivity contribution in [2.45, 2.75) is 26.3 Å². The second-order valence-electron chi connectivity index (χ2n) is 7.24. The van der Waals surface area contributed by atoms with Crippen LogP contribution in [0, 0.1) is 6.92 Å². The molecule has 0 aromatic heterocycles. The van der Waals surface area contributed by atoms with Crippen molar-refractivity contribution in [3.63, 3.8) is 0 Å². The molecule has 0 saturated heterocycles. The van der Waals surface area contributed by atoms with Crippen molar-refractivity contribution in [1.29, 1.82) is 0 Å². The molecule has 1 N–H and O–H groups in total. The molecular formula is C22H25N3O4. The summed E-state index contributed by atoms with van der Waals surface area (Å²) in [4.78, 5) is 40.4. The van der Waals surface area contributed by atoms with E-state index in [2.05, 4.69) is 5.32 Å². The summed E-state index contributed by atoms with van der Waals surface area (Å²) in [5, 5.41) is 2.82. The maximum atomic E-state index is 13.0. The Labute approximate surface area is 170 Å². The van der Waals surface area contributed by atoms with Crippen LogP contribution in [0.5, 0.6) is 5.75 Å². The average Bonchev–Trinajstić information content (AvgIpc) is 2.80. The minimum Gasteiger partial charge on any atom is -0.484 e. The molecule has 0 bridgehead atoms. The molecule has 1 atom stereocenters. The number of anilines is 2. The standard InChI is InChI=1S/C22H25N3O4/c1-15-7-6-8-17(11-15)29-14-22(28)24(3)13-21(27)25-16(2)12-20(26)23-18-9-4-5-10-19(18)25/h4-11,16H,12-14H2,1-3H3,(H,23,26)/t16-/m1/s1. The van der Waals surface area contributed by atoms with Gasteiger partial charge in [0.15, 0.2) is 6.61 Å². The number of likely N-dealkylation sites (N-methyl/N-ethyl adjacent to an activating group) is 1. The van der Waals surface area contributed by atoms with Crippen LogP contribution in [0.2, 0.25) is 0 Å². The van der Waals surface area contributed by atoms with Gasteiger partial charge in [0.1, 0.15) is 5.75 Å². The van der Waals surface area contributed by atoms with Crippen LogP contribution in [-0.2, 0) is 14.4 Å². The topological polar surface area (TPSA) is 79.0 Å². The van der Waals surface area contributed by atoms with Gasteiger partial charge in [-0.3, -0.25) is 14.4 Å². The zero-order valence-electron chi connectivity index (χ0n) is 16.8. The van der Waals surface area contributed by atoms with Crippen LogP contribution in [0.1, 0.15) is 18.9 Å². The van der Waals surface area contributed by atoms with Crippen molar-refractivity contribution >= 4 is 29.1 Å². The third kappa shape index (κ3) is 4.93. The zero-order chi connectivity index (χ0) is 21.0. The number of hydrogen-bond donors (Lipinski definition) is 1. The van der Waals surface area contributed by atoms with Crippen LogP contribution in [0.3, 0.4) is 0 Å². The smallest absolute Gasteiger partial charge is 0.260 e. The number of carbonyl (C=O) groups is 3. The number of amides is 3. The van der Waals surface area contributed by atoms with Gasteiger partial charge >= 0.3 is 0 Å². The van der Waals surface area contributed by atoms with Crippen LogP contribution >= 0.6 is 0 Å². The van der Waals surface area contributed by atoms with Gasteiger partial charge in [-0.25, -0.2) is 0 Å². The van der Waals surface area contributed by atoms with Crippen molar-refractivity contribution in [2.24, 2.45) is 0 Å². The minimum atomic E-state index is -0.321. The molecule has 0 saturated carbocycles. The Morgan fingerprint density at radius 2 is 1.97 bits per heavy atom. The third-order valence-electron chi connectivity index (χ3n) is 4.78. The largest absolute Gasteiger partial charge is 0.484 e. The van der Waals surface area contributed by atoms with Crippen LogP contribution in [0.25, 0.3) is 0 Å². The molecule has 0 radical (unpaired) electrons. The number of para-hydroxylation sites is 2. The molecule has 3 rings (SSSR count). The second kappa shape index (κ2) is 8.77. The van der Waals surface area contributed by atoms with Gasteiger partial charge in [0.05, 0.1) is 17.9 Å². The second-order valence-corrected chi connectivity index (χ2v) is 7.24. The van der Waals surface area contributed by atoms with Gasteiger partial charge in [-0.05, 0) is 43.7 Å². The molecule has 2 aromatic rings. The summed E-state index contributed by atoms with van der Waals surface area (Å²) in [6, 6.07) is 14.3. The van der Waals surface area contributed by atoms with E-state index in [4.69, 9.17) is 4.74 Å². The molecule has 1 aliphatic rings. The maximum Gasteiger partial charge on any atom is 0.260 e. The zero-order valence-corrected chi connectivity index (χ0v) is 16.8. The molecule has 0 unspecified atom stereocenters. The van der Waals surface area contributed by atoms with Gasteiger partial charge in [-0.15, -0.1) is 0 Å². The Morgan fingerprint density at radius 1 is 1.21 bits per heavy atom. The maximum absolute atomic E-state index is 13.0. The van der Waals surface area contributed by atoms with Crippen LogP contribution in [-0.4, -0.2) is 48.9 Å². The lowest BCUT2D eigenvalue weighted by atomic mass is 10.1. The molecular weight excluding hydrogens is 370 g/mol. The number of fused-ring (bicyclic) bond motifs is 1. The minimum absolute atomic E-state index is 0.108. The van der Waals surface area contributed by atoms with Gasteiger partial charge in [0.2, 0.25) is 11.8 Å². The first-order valence-corrected chi connectivity index (χ1v) is 9.49. The molecule has 1 heterocycles. The van der Waals surface area contributed by atoms with Crippen molar-refractivity contribution in [2.75, 3.05) is 30.4 Å². The first kappa shape index (κ1) is 20.4. The van der Waals surface area contributed by atoms with Crippen molar-refractivity contribution < 1.29 is 19.1 Å². The molecule has 0 fully saturated rings. The predicted octanol–water partition coefficient (Wildman–Crippen LogP) is 2.60. The first-order valence-electron chi connectivity index (χ1n) is 9.49. The van der Waals surface area contributed by atoms with Gasteiger partial charge in [-0.2, -0.15) is 0 Å². The number of nitrogens with zero attached hydrogens (tertiary/aromatic N) is 2. The van der Waals surface area contributed by atoms with Gasteiger partial charge < -0.3 is 19.9 Å². The number of nitrogens with one attached hydrogen (secondary N) is 1. The fraction of sp³-hybridized carbons (Fsp3) is 0.318. The summed E-state index contributed by atoms with van der Waals surface area (Å²) in [5.41, 5.74) is 2.26. The quantitative estimate of drug-likeness (QED) is 0.844. The number of hydrogen-bond acceptors (Lipinski definition) is 4. The summed E-state index contributed by atoms with van der Waals surface area (Å²) in [5.74, 6) is -0.0911.